The summed E-state index contributed by atoms with van der Waals surface area (Å²) in [6.45, 7) is 7.26. The molecule has 0 heterocycles. The molecule has 0 aromatic heterocycles. The number of rotatable bonds is 12. The fraction of sp³-hybridized carbons (Fsp3) is 0.417. The summed E-state index contributed by atoms with van der Waals surface area (Å²) in [6, 6.07) is 13.1. The molecule has 0 aliphatic heterocycles. The topological polar surface area (TPSA) is 93.2 Å². The molecule has 0 unspecified atom stereocenters. The summed E-state index contributed by atoms with van der Waals surface area (Å²) in [5, 5.41) is 9.36. The zero-order valence-electron chi connectivity index (χ0n) is 19.8. The zero-order valence-corrected chi connectivity index (χ0v) is 22.1. The van der Waals surface area contributed by atoms with Crippen LogP contribution < -0.4 is 25.4 Å². The van der Waals surface area contributed by atoms with Crippen LogP contribution in [0.4, 0.5) is 0 Å². The molecular weight excluding hydrogens is 535 g/mol. The van der Waals surface area contributed by atoms with Crippen LogP contribution in [0.15, 0.2) is 47.5 Å². The number of methoxy groups -OCH3 is 2. The lowest BCUT2D eigenvalue weighted by Crippen LogP contribution is -2.41. The van der Waals surface area contributed by atoms with Crippen LogP contribution in [0.5, 0.6) is 11.5 Å². The predicted octanol–water partition coefficient (Wildman–Crippen LogP) is 3.13. The van der Waals surface area contributed by atoms with Gasteiger partial charge in [0.15, 0.2) is 5.96 Å². The number of hydrogen-bond donors (Lipinski definition) is 3. The number of halogens is 1. The fourth-order valence-electron chi connectivity index (χ4n) is 2.87. The molecule has 0 spiro atoms. The van der Waals surface area contributed by atoms with Crippen LogP contribution in [0.2, 0.25) is 0 Å². The first kappa shape index (κ1) is 28.5. The van der Waals surface area contributed by atoms with Crippen LogP contribution >= 0.6 is 24.0 Å². The Labute approximate surface area is 213 Å². The second-order valence-corrected chi connectivity index (χ2v) is 7.06. The number of aryl methyl sites for hydroxylation is 1. The number of hydrogen-bond acceptors (Lipinski definition) is 5. The van der Waals surface area contributed by atoms with Crippen molar-refractivity contribution in [2.45, 2.75) is 20.4 Å². The van der Waals surface area contributed by atoms with Crippen LogP contribution in [0.3, 0.4) is 0 Å². The number of carbonyl (C=O) groups excluding carboxylic acids is 1. The first-order valence-corrected chi connectivity index (χ1v) is 10.7. The second kappa shape index (κ2) is 16.1. The van der Waals surface area contributed by atoms with Crippen molar-refractivity contribution in [2.24, 2.45) is 4.99 Å². The van der Waals surface area contributed by atoms with E-state index in [4.69, 9.17) is 14.2 Å². The number of guanidine groups is 1. The molecule has 182 valence electrons. The van der Waals surface area contributed by atoms with Crippen LogP contribution in [0, 0.1) is 6.92 Å². The fourth-order valence-corrected chi connectivity index (χ4v) is 2.87. The van der Waals surface area contributed by atoms with Crippen molar-refractivity contribution in [2.75, 3.05) is 47.1 Å². The maximum Gasteiger partial charge on any atom is 0.251 e. The van der Waals surface area contributed by atoms with Crippen molar-refractivity contribution in [1.29, 1.82) is 0 Å². The van der Waals surface area contributed by atoms with Crippen LogP contribution in [0.25, 0.3) is 0 Å². The lowest BCUT2D eigenvalue weighted by atomic mass is 10.1. The minimum absolute atomic E-state index is 0. The molecule has 1 amide bonds. The van der Waals surface area contributed by atoms with Crippen LogP contribution in [-0.2, 0) is 11.3 Å². The SMILES string of the molecule is CCNC(=NCc1ccc(C)cc1OCCOC)NCCNC(=O)c1ccc(OC)cc1.I. The number of amides is 1. The Kier molecular flexibility index (Phi) is 13.9. The van der Waals surface area contributed by atoms with Gasteiger partial charge in [-0.1, -0.05) is 12.1 Å². The average Bonchev–Trinajstić information content (AvgIpc) is 2.81. The third kappa shape index (κ3) is 10.3. The van der Waals surface area contributed by atoms with Crippen molar-refractivity contribution in [3.8, 4) is 11.5 Å². The molecule has 0 aliphatic carbocycles. The van der Waals surface area contributed by atoms with Crippen molar-refractivity contribution in [3.05, 3.63) is 59.2 Å². The van der Waals surface area contributed by atoms with Gasteiger partial charge in [-0.25, -0.2) is 4.99 Å². The van der Waals surface area contributed by atoms with Gasteiger partial charge in [0.05, 0.1) is 20.3 Å². The molecule has 9 heteroatoms. The lowest BCUT2D eigenvalue weighted by Gasteiger charge is -2.14. The maximum atomic E-state index is 12.3. The normalized spacial score (nSPS) is 10.7. The molecule has 2 aromatic rings. The largest absolute Gasteiger partial charge is 0.497 e. The van der Waals surface area contributed by atoms with E-state index in [0.717, 1.165) is 29.2 Å². The Morgan fingerprint density at radius 3 is 2.36 bits per heavy atom. The third-order valence-electron chi connectivity index (χ3n) is 4.57. The minimum Gasteiger partial charge on any atom is -0.497 e. The molecule has 0 atom stereocenters. The molecule has 8 nitrogen and oxygen atoms in total. The first-order valence-electron chi connectivity index (χ1n) is 10.7. The van der Waals surface area contributed by atoms with E-state index in [9.17, 15) is 4.79 Å². The van der Waals surface area contributed by atoms with Gasteiger partial charge in [-0.15, -0.1) is 24.0 Å². The Balaban J connectivity index is 0.00000544. The highest BCUT2D eigenvalue weighted by Crippen LogP contribution is 2.21. The van der Waals surface area contributed by atoms with Gasteiger partial charge in [0.2, 0.25) is 0 Å². The highest BCUT2D eigenvalue weighted by Gasteiger charge is 2.07. The molecule has 2 aromatic carbocycles. The predicted molar refractivity (Wildman–Crippen MR) is 142 cm³/mol. The molecule has 0 aliphatic rings. The van der Waals surface area contributed by atoms with E-state index in [1.165, 1.54) is 0 Å². The highest BCUT2D eigenvalue weighted by molar-refractivity contribution is 14.0. The van der Waals surface area contributed by atoms with Crippen molar-refractivity contribution in [1.82, 2.24) is 16.0 Å². The Hall–Kier alpha value is -2.53. The zero-order chi connectivity index (χ0) is 23.2. The van der Waals surface area contributed by atoms with E-state index in [1.54, 1.807) is 38.5 Å². The summed E-state index contributed by atoms with van der Waals surface area (Å²) in [4.78, 5) is 16.9. The van der Waals surface area contributed by atoms with Gasteiger partial charge < -0.3 is 30.2 Å². The van der Waals surface area contributed by atoms with Gasteiger partial charge in [0.1, 0.15) is 18.1 Å². The number of nitrogens with one attached hydrogen (secondary N) is 3. The molecule has 0 saturated heterocycles. The number of carbonyl (C=O) groups is 1. The standard InChI is InChI=1S/C24H34N4O4.HI/c1-5-25-24(27-13-12-26-23(29)19-8-10-21(31-4)11-9-19)28-17-20-7-6-18(2)16-22(20)32-15-14-30-3;/h6-11,16H,5,12-15,17H2,1-4H3,(H,26,29)(H2,25,27,28);1H. The molecule has 2 rings (SSSR count). The number of aliphatic imine (C=N–C) groups is 1. The van der Waals surface area contributed by atoms with Crippen molar-refractivity contribution < 1.29 is 19.0 Å². The van der Waals surface area contributed by atoms with E-state index >= 15 is 0 Å². The molecule has 0 radical (unpaired) electrons. The Bertz CT molecular complexity index is 875. The van der Waals surface area contributed by atoms with Gasteiger partial charge in [0, 0.05) is 37.9 Å². The van der Waals surface area contributed by atoms with E-state index in [1.807, 2.05) is 32.0 Å². The molecule has 0 fully saturated rings. The van der Waals surface area contributed by atoms with Crippen LogP contribution in [-0.4, -0.2) is 58.9 Å². The van der Waals surface area contributed by atoms with Gasteiger partial charge in [0.25, 0.3) is 5.91 Å². The van der Waals surface area contributed by atoms with Crippen molar-refractivity contribution >= 4 is 35.8 Å². The molecule has 3 N–H and O–H groups in total. The van der Waals surface area contributed by atoms with Gasteiger partial charge in [-0.3, -0.25) is 4.79 Å². The number of benzene rings is 2. The Morgan fingerprint density at radius 1 is 0.970 bits per heavy atom. The average molecular weight is 570 g/mol. The Morgan fingerprint density at radius 2 is 1.70 bits per heavy atom. The van der Waals surface area contributed by atoms with Gasteiger partial charge in [-0.05, 0) is 49.7 Å². The van der Waals surface area contributed by atoms with E-state index in [2.05, 4.69) is 20.9 Å². The summed E-state index contributed by atoms with van der Waals surface area (Å²) in [5.41, 5.74) is 2.71. The first-order chi connectivity index (χ1) is 15.6. The number of ether oxygens (including phenoxy) is 3. The van der Waals surface area contributed by atoms with E-state index in [0.29, 0.717) is 44.4 Å². The third-order valence-corrected chi connectivity index (χ3v) is 4.57. The monoisotopic (exact) mass is 570 g/mol. The molecular formula is C24H35IN4O4. The van der Waals surface area contributed by atoms with Gasteiger partial charge in [-0.2, -0.15) is 0 Å². The summed E-state index contributed by atoms with van der Waals surface area (Å²) in [7, 11) is 3.25. The number of nitrogens with zero attached hydrogens (tertiary/aromatic N) is 1. The minimum atomic E-state index is -0.131. The quantitative estimate of drug-likeness (QED) is 0.157. The van der Waals surface area contributed by atoms with E-state index in [-0.39, 0.29) is 29.9 Å². The summed E-state index contributed by atoms with van der Waals surface area (Å²) < 4.78 is 16.0. The smallest absolute Gasteiger partial charge is 0.251 e. The van der Waals surface area contributed by atoms with E-state index < -0.39 is 0 Å². The molecule has 0 saturated carbocycles. The second-order valence-electron chi connectivity index (χ2n) is 7.06. The summed E-state index contributed by atoms with van der Waals surface area (Å²) >= 11 is 0. The van der Waals surface area contributed by atoms with Crippen LogP contribution in [0.1, 0.15) is 28.4 Å². The highest BCUT2D eigenvalue weighted by atomic mass is 127. The summed E-state index contributed by atoms with van der Waals surface area (Å²) in [6.07, 6.45) is 0. The van der Waals surface area contributed by atoms with Crippen molar-refractivity contribution in [3.63, 3.8) is 0 Å². The molecule has 0 bridgehead atoms. The van der Waals surface area contributed by atoms with Gasteiger partial charge >= 0.3 is 0 Å². The summed E-state index contributed by atoms with van der Waals surface area (Å²) in [5.74, 6) is 2.08. The molecule has 33 heavy (non-hydrogen) atoms. The maximum absolute atomic E-state index is 12.3. The lowest BCUT2D eigenvalue weighted by molar-refractivity contribution is 0.0954.